The first-order chi connectivity index (χ1) is 14.6. The molecule has 0 N–H and O–H groups in total. The van der Waals surface area contributed by atoms with E-state index in [-0.39, 0.29) is 12.6 Å². The predicted molar refractivity (Wildman–Crippen MR) is 115 cm³/mol. The van der Waals surface area contributed by atoms with Crippen LogP contribution in [0.15, 0.2) is 54.6 Å². The number of nitrogens with zero attached hydrogens (tertiary/aromatic N) is 5. The maximum Gasteiger partial charge on any atom is 0.317 e. The molecule has 1 atom stereocenters. The lowest BCUT2D eigenvalue weighted by Crippen LogP contribution is -2.36. The normalized spacial score (nSPS) is 13.3. The summed E-state index contributed by atoms with van der Waals surface area (Å²) in [7, 11) is 0. The lowest BCUT2D eigenvalue weighted by atomic mass is 9.79. The summed E-state index contributed by atoms with van der Waals surface area (Å²) < 4.78 is 8.49. The number of hydrogen-bond donors (Lipinski definition) is 0. The molecule has 30 heavy (non-hydrogen) atoms. The second kappa shape index (κ2) is 8.71. The number of ether oxygens (including phenoxy) is 1. The number of benzene rings is 2. The Morgan fingerprint density at radius 2 is 1.90 bits per heavy atom. The van der Waals surface area contributed by atoms with Crippen LogP contribution in [0.5, 0.6) is 0 Å². The van der Waals surface area contributed by atoms with E-state index < -0.39 is 5.41 Å². The van der Waals surface area contributed by atoms with Crippen molar-refractivity contribution in [1.29, 1.82) is 0 Å². The van der Waals surface area contributed by atoms with Crippen LogP contribution in [0, 0.1) is 0 Å². The summed E-state index contributed by atoms with van der Waals surface area (Å²) in [5.74, 6) is 0.222. The molecular weight excluding hydrogens is 398 g/mol. The van der Waals surface area contributed by atoms with Gasteiger partial charge < -0.3 is 4.74 Å². The highest BCUT2D eigenvalue weighted by Gasteiger charge is 2.38. The third kappa shape index (κ3) is 4.09. The molecule has 4 aromatic rings. The van der Waals surface area contributed by atoms with Crippen molar-refractivity contribution in [1.82, 2.24) is 25.2 Å². The molecular formula is C22H23N5O2S. The van der Waals surface area contributed by atoms with E-state index in [0.717, 1.165) is 27.2 Å². The van der Waals surface area contributed by atoms with Crippen LogP contribution in [0.25, 0.3) is 10.2 Å². The van der Waals surface area contributed by atoms with Crippen molar-refractivity contribution < 1.29 is 9.53 Å². The standard InChI is InChI=1S/C22H23N5O2S/c1-3-13-27-19(24-25-26-27)15-29-21(28)22(2,16-9-5-4-6-10-16)14-20-23-17-11-7-8-12-18(17)30-20/h4-12H,3,13-15H2,1-2H3/t22-/m0/s1. The van der Waals surface area contributed by atoms with Gasteiger partial charge in [0.1, 0.15) is 0 Å². The number of aromatic nitrogens is 5. The van der Waals surface area contributed by atoms with Crippen LogP contribution < -0.4 is 0 Å². The van der Waals surface area contributed by atoms with E-state index in [1.165, 1.54) is 0 Å². The molecule has 2 aromatic heterocycles. The van der Waals surface area contributed by atoms with Crippen molar-refractivity contribution in [3.05, 3.63) is 71.0 Å². The number of rotatable bonds is 8. The molecule has 4 rings (SSSR count). The fourth-order valence-electron chi connectivity index (χ4n) is 3.40. The van der Waals surface area contributed by atoms with Gasteiger partial charge in [-0.15, -0.1) is 16.4 Å². The minimum Gasteiger partial charge on any atom is -0.457 e. The van der Waals surface area contributed by atoms with Gasteiger partial charge in [-0.1, -0.05) is 49.4 Å². The molecule has 0 saturated carbocycles. The Kier molecular flexibility index (Phi) is 5.85. The molecule has 0 saturated heterocycles. The van der Waals surface area contributed by atoms with E-state index in [1.807, 2.05) is 68.4 Å². The zero-order chi connectivity index (χ0) is 21.0. The second-order valence-corrected chi connectivity index (χ2v) is 8.46. The van der Waals surface area contributed by atoms with Crippen LogP contribution in [-0.4, -0.2) is 31.2 Å². The molecule has 2 aromatic carbocycles. The minimum atomic E-state index is -0.877. The first kappa shape index (κ1) is 20.2. The third-order valence-electron chi connectivity index (χ3n) is 5.08. The number of carbonyl (C=O) groups excluding carboxylic acids is 1. The van der Waals surface area contributed by atoms with Gasteiger partial charge in [-0.05, 0) is 41.5 Å². The molecule has 154 valence electrons. The maximum atomic E-state index is 13.3. The van der Waals surface area contributed by atoms with Gasteiger partial charge in [0.05, 0.1) is 20.6 Å². The molecule has 2 heterocycles. The van der Waals surface area contributed by atoms with Crippen LogP contribution in [0.4, 0.5) is 0 Å². The van der Waals surface area contributed by atoms with Crippen LogP contribution in [-0.2, 0) is 34.5 Å². The first-order valence-corrected chi connectivity index (χ1v) is 10.7. The molecule has 0 bridgehead atoms. The molecule has 0 radical (unpaired) electrons. The quantitative estimate of drug-likeness (QED) is 0.401. The SMILES string of the molecule is CCCn1nnnc1COC(=O)[C@@](C)(Cc1nc2ccccc2s1)c1ccccc1. The highest BCUT2D eigenvalue weighted by molar-refractivity contribution is 7.18. The molecule has 0 aliphatic heterocycles. The monoisotopic (exact) mass is 421 g/mol. The fraction of sp³-hybridized carbons (Fsp3) is 0.318. The van der Waals surface area contributed by atoms with Crippen molar-refractivity contribution in [3.8, 4) is 0 Å². The third-order valence-corrected chi connectivity index (χ3v) is 6.11. The fourth-order valence-corrected chi connectivity index (χ4v) is 4.52. The number of aryl methyl sites for hydroxylation is 1. The summed E-state index contributed by atoms with van der Waals surface area (Å²) in [5.41, 5.74) is 0.959. The Balaban J connectivity index is 1.60. The van der Waals surface area contributed by atoms with E-state index in [0.29, 0.717) is 18.8 Å². The number of thiazole rings is 1. The van der Waals surface area contributed by atoms with Crippen LogP contribution >= 0.6 is 11.3 Å². The van der Waals surface area contributed by atoms with Gasteiger partial charge in [-0.25, -0.2) is 9.67 Å². The lowest BCUT2D eigenvalue weighted by molar-refractivity contribution is -0.151. The summed E-state index contributed by atoms with van der Waals surface area (Å²) in [4.78, 5) is 18.1. The summed E-state index contributed by atoms with van der Waals surface area (Å²) in [6, 6.07) is 17.7. The van der Waals surface area contributed by atoms with Crippen molar-refractivity contribution in [2.45, 2.75) is 45.3 Å². The topological polar surface area (TPSA) is 82.8 Å². The first-order valence-electron chi connectivity index (χ1n) is 9.92. The zero-order valence-corrected chi connectivity index (χ0v) is 17.8. The molecule has 0 fully saturated rings. The van der Waals surface area contributed by atoms with E-state index in [2.05, 4.69) is 15.5 Å². The summed E-state index contributed by atoms with van der Waals surface area (Å²) in [6.45, 7) is 4.67. The van der Waals surface area contributed by atoms with Gasteiger partial charge in [0.25, 0.3) is 0 Å². The van der Waals surface area contributed by atoms with Gasteiger partial charge in [-0.3, -0.25) is 4.79 Å². The van der Waals surface area contributed by atoms with Gasteiger partial charge >= 0.3 is 5.97 Å². The average molecular weight is 422 g/mol. The number of tetrazole rings is 1. The highest BCUT2D eigenvalue weighted by Crippen LogP contribution is 2.33. The van der Waals surface area contributed by atoms with Crippen molar-refractivity contribution in [3.63, 3.8) is 0 Å². The molecule has 0 aliphatic rings. The molecule has 0 aliphatic carbocycles. The number of esters is 1. The van der Waals surface area contributed by atoms with Gasteiger partial charge in [0.2, 0.25) is 0 Å². The van der Waals surface area contributed by atoms with Gasteiger partial charge in [0, 0.05) is 13.0 Å². The molecule has 7 nitrogen and oxygen atoms in total. The van der Waals surface area contributed by atoms with Gasteiger partial charge in [0.15, 0.2) is 12.4 Å². The molecule has 0 amide bonds. The number of carbonyl (C=O) groups is 1. The Labute approximate surface area is 178 Å². The van der Waals surface area contributed by atoms with E-state index in [4.69, 9.17) is 9.72 Å². The van der Waals surface area contributed by atoms with Crippen LogP contribution in [0.1, 0.15) is 36.7 Å². The van der Waals surface area contributed by atoms with Crippen molar-refractivity contribution >= 4 is 27.5 Å². The minimum absolute atomic E-state index is 0.0358. The van der Waals surface area contributed by atoms with E-state index >= 15 is 0 Å². The van der Waals surface area contributed by atoms with E-state index in [9.17, 15) is 4.79 Å². The lowest BCUT2D eigenvalue weighted by Gasteiger charge is -2.27. The maximum absolute atomic E-state index is 13.3. The number of hydrogen-bond acceptors (Lipinski definition) is 7. The van der Waals surface area contributed by atoms with Crippen molar-refractivity contribution in [2.75, 3.05) is 0 Å². The smallest absolute Gasteiger partial charge is 0.317 e. The largest absolute Gasteiger partial charge is 0.457 e. The summed E-state index contributed by atoms with van der Waals surface area (Å²) in [6.07, 6.45) is 1.35. The highest BCUT2D eigenvalue weighted by atomic mass is 32.1. The van der Waals surface area contributed by atoms with Crippen LogP contribution in [0.2, 0.25) is 0 Å². The predicted octanol–water partition coefficient (Wildman–Crippen LogP) is 3.94. The molecule has 0 spiro atoms. The Morgan fingerprint density at radius 1 is 1.13 bits per heavy atom. The zero-order valence-electron chi connectivity index (χ0n) is 17.0. The molecule has 8 heteroatoms. The second-order valence-electron chi connectivity index (χ2n) is 7.34. The Morgan fingerprint density at radius 3 is 2.67 bits per heavy atom. The number of para-hydroxylation sites is 1. The Hall–Kier alpha value is -3.13. The Bertz CT molecular complexity index is 1110. The summed E-state index contributed by atoms with van der Waals surface area (Å²) >= 11 is 1.61. The van der Waals surface area contributed by atoms with E-state index in [1.54, 1.807) is 16.0 Å². The van der Waals surface area contributed by atoms with Crippen LogP contribution in [0.3, 0.4) is 0 Å². The van der Waals surface area contributed by atoms with Gasteiger partial charge in [-0.2, -0.15) is 0 Å². The number of fused-ring (bicyclic) bond motifs is 1. The average Bonchev–Trinajstić information content (AvgIpc) is 3.38. The molecule has 0 unspecified atom stereocenters. The van der Waals surface area contributed by atoms with Crippen molar-refractivity contribution in [2.24, 2.45) is 0 Å². The summed E-state index contributed by atoms with van der Waals surface area (Å²) in [5, 5.41) is 12.5.